The molecule has 0 atom stereocenters. The van der Waals surface area contributed by atoms with Crippen LogP contribution in [-0.4, -0.2) is 17.3 Å². The highest BCUT2D eigenvalue weighted by atomic mass is 16.6. The number of unbranched alkanes of at least 4 members (excludes halogenated alkanes) is 1. The second kappa shape index (κ2) is 6.74. The van der Waals surface area contributed by atoms with Gasteiger partial charge in [0.1, 0.15) is 5.78 Å². The van der Waals surface area contributed by atoms with E-state index in [1.54, 1.807) is 26.0 Å². The summed E-state index contributed by atoms with van der Waals surface area (Å²) in [6.45, 7) is 3.73. The number of benzene rings is 1. The molecule has 0 bridgehead atoms. The van der Waals surface area contributed by atoms with Crippen molar-refractivity contribution in [3.63, 3.8) is 0 Å². The molecule has 0 amide bonds. The Morgan fingerprint density at radius 1 is 1.39 bits per heavy atom. The number of aryl methyl sites for hydroxylation is 1. The maximum absolute atomic E-state index is 10.8. The number of carbonyl (C=O) groups excluding carboxylic acids is 1. The Labute approximate surface area is 106 Å². The largest absolute Gasteiger partial charge is 0.487 e. The second-order valence-corrected chi connectivity index (χ2v) is 4.24. The number of carbonyl (C=O) groups is 1. The topological polar surface area (TPSA) is 69.4 Å². The third-order valence-corrected chi connectivity index (χ3v) is 2.49. The summed E-state index contributed by atoms with van der Waals surface area (Å²) in [5.74, 6) is 0.435. The quantitative estimate of drug-likeness (QED) is 0.424. The van der Waals surface area contributed by atoms with Gasteiger partial charge in [0.05, 0.1) is 11.5 Å². The Bertz CT molecular complexity index is 443. The molecule has 0 aliphatic rings. The first-order valence-corrected chi connectivity index (χ1v) is 5.88. The van der Waals surface area contributed by atoms with E-state index in [0.29, 0.717) is 19.4 Å². The maximum Gasteiger partial charge on any atom is 0.311 e. The van der Waals surface area contributed by atoms with Gasteiger partial charge in [0.15, 0.2) is 5.75 Å². The molecule has 0 fully saturated rings. The smallest absolute Gasteiger partial charge is 0.311 e. The number of nitrogens with zero attached hydrogens (tertiary/aromatic N) is 1. The minimum atomic E-state index is -0.447. The van der Waals surface area contributed by atoms with E-state index in [9.17, 15) is 14.9 Å². The number of nitro benzene ring substituents is 1. The Morgan fingerprint density at radius 2 is 2.11 bits per heavy atom. The van der Waals surface area contributed by atoms with Crippen molar-refractivity contribution in [1.29, 1.82) is 0 Å². The molecule has 0 radical (unpaired) electrons. The number of nitro groups is 1. The van der Waals surface area contributed by atoms with Crippen LogP contribution in [0, 0.1) is 17.0 Å². The van der Waals surface area contributed by atoms with E-state index in [4.69, 9.17) is 4.74 Å². The number of hydrogen-bond donors (Lipinski definition) is 0. The summed E-state index contributed by atoms with van der Waals surface area (Å²) in [7, 11) is 0. The van der Waals surface area contributed by atoms with Gasteiger partial charge in [-0.3, -0.25) is 10.1 Å². The Hall–Kier alpha value is -1.91. The monoisotopic (exact) mass is 251 g/mol. The van der Waals surface area contributed by atoms with Gasteiger partial charge in [0, 0.05) is 12.5 Å². The van der Waals surface area contributed by atoms with Crippen LogP contribution in [-0.2, 0) is 4.79 Å². The Morgan fingerprint density at radius 3 is 2.72 bits per heavy atom. The molecule has 5 nitrogen and oxygen atoms in total. The van der Waals surface area contributed by atoms with E-state index in [-0.39, 0.29) is 17.2 Å². The van der Waals surface area contributed by atoms with Crippen LogP contribution in [0.3, 0.4) is 0 Å². The summed E-state index contributed by atoms with van der Waals surface area (Å²) in [6, 6.07) is 4.88. The SMILES string of the molecule is CC(=O)CCCCOc1ccc(C)cc1[N+](=O)[O-]. The summed E-state index contributed by atoms with van der Waals surface area (Å²) in [5, 5.41) is 10.8. The van der Waals surface area contributed by atoms with Crippen molar-refractivity contribution >= 4 is 11.5 Å². The van der Waals surface area contributed by atoms with Crippen LogP contribution >= 0.6 is 0 Å². The van der Waals surface area contributed by atoms with Gasteiger partial charge in [-0.2, -0.15) is 0 Å². The van der Waals surface area contributed by atoms with Crippen LogP contribution in [0.5, 0.6) is 5.75 Å². The number of rotatable bonds is 7. The molecule has 0 spiro atoms. The average Bonchev–Trinajstić information content (AvgIpc) is 2.29. The lowest BCUT2D eigenvalue weighted by Crippen LogP contribution is -2.01. The van der Waals surface area contributed by atoms with E-state index in [2.05, 4.69) is 0 Å². The molecule has 0 aromatic heterocycles. The third kappa shape index (κ3) is 4.53. The standard InChI is InChI=1S/C13H17NO4/c1-10-6-7-13(12(9-10)14(16)17)18-8-4-3-5-11(2)15/h6-7,9H,3-5,8H2,1-2H3. The molecule has 1 aromatic carbocycles. The first-order chi connectivity index (χ1) is 8.50. The minimum Gasteiger partial charge on any atom is -0.487 e. The fraction of sp³-hybridized carbons (Fsp3) is 0.462. The zero-order chi connectivity index (χ0) is 13.5. The van der Waals surface area contributed by atoms with Crippen molar-refractivity contribution in [3.8, 4) is 5.75 Å². The highest BCUT2D eigenvalue weighted by Crippen LogP contribution is 2.27. The molecular formula is C13H17NO4. The lowest BCUT2D eigenvalue weighted by molar-refractivity contribution is -0.385. The first-order valence-electron chi connectivity index (χ1n) is 5.88. The zero-order valence-electron chi connectivity index (χ0n) is 10.6. The molecule has 0 N–H and O–H groups in total. The van der Waals surface area contributed by atoms with Crippen molar-refractivity contribution in [2.75, 3.05) is 6.61 Å². The predicted octanol–water partition coefficient (Wildman–Crippen LogP) is 3.04. The van der Waals surface area contributed by atoms with Gasteiger partial charge in [-0.15, -0.1) is 0 Å². The van der Waals surface area contributed by atoms with Gasteiger partial charge >= 0.3 is 5.69 Å². The molecule has 1 aromatic rings. The van der Waals surface area contributed by atoms with Crippen LogP contribution in [0.1, 0.15) is 31.7 Å². The summed E-state index contributed by atoms with van der Waals surface area (Å²) >= 11 is 0. The fourth-order valence-corrected chi connectivity index (χ4v) is 1.55. The van der Waals surface area contributed by atoms with E-state index < -0.39 is 4.92 Å². The van der Waals surface area contributed by atoms with Crippen LogP contribution in [0.15, 0.2) is 18.2 Å². The van der Waals surface area contributed by atoms with E-state index >= 15 is 0 Å². The summed E-state index contributed by atoms with van der Waals surface area (Å²) in [4.78, 5) is 21.1. The van der Waals surface area contributed by atoms with E-state index in [1.807, 2.05) is 0 Å². The average molecular weight is 251 g/mol. The van der Waals surface area contributed by atoms with E-state index in [0.717, 1.165) is 12.0 Å². The molecule has 0 unspecified atom stereocenters. The van der Waals surface area contributed by atoms with Crippen molar-refractivity contribution in [3.05, 3.63) is 33.9 Å². The second-order valence-electron chi connectivity index (χ2n) is 4.24. The van der Waals surface area contributed by atoms with Gasteiger partial charge < -0.3 is 9.53 Å². The third-order valence-electron chi connectivity index (χ3n) is 2.49. The van der Waals surface area contributed by atoms with Crippen molar-refractivity contribution < 1.29 is 14.5 Å². The van der Waals surface area contributed by atoms with Crippen molar-refractivity contribution in [2.24, 2.45) is 0 Å². The molecule has 0 heterocycles. The van der Waals surface area contributed by atoms with Crippen LogP contribution in [0.4, 0.5) is 5.69 Å². The van der Waals surface area contributed by atoms with Gasteiger partial charge in [-0.1, -0.05) is 6.07 Å². The molecule has 0 saturated carbocycles. The lowest BCUT2D eigenvalue weighted by Gasteiger charge is -2.06. The minimum absolute atomic E-state index is 0.0124. The molecule has 5 heteroatoms. The summed E-state index contributed by atoms with van der Waals surface area (Å²) in [6.07, 6.45) is 1.99. The molecule has 98 valence electrons. The zero-order valence-corrected chi connectivity index (χ0v) is 10.6. The molecule has 18 heavy (non-hydrogen) atoms. The van der Waals surface area contributed by atoms with Crippen molar-refractivity contribution in [2.45, 2.75) is 33.1 Å². The van der Waals surface area contributed by atoms with Crippen LogP contribution < -0.4 is 4.74 Å². The van der Waals surface area contributed by atoms with Crippen LogP contribution in [0.2, 0.25) is 0 Å². The summed E-state index contributed by atoms with van der Waals surface area (Å²) in [5.41, 5.74) is 0.812. The van der Waals surface area contributed by atoms with Gasteiger partial charge in [0.2, 0.25) is 0 Å². The molecular weight excluding hydrogens is 234 g/mol. The predicted molar refractivity (Wildman–Crippen MR) is 67.9 cm³/mol. The number of hydrogen-bond acceptors (Lipinski definition) is 4. The molecule has 0 aliphatic heterocycles. The fourth-order valence-electron chi connectivity index (χ4n) is 1.55. The Kier molecular flexibility index (Phi) is 5.30. The normalized spacial score (nSPS) is 10.1. The Balaban J connectivity index is 2.51. The molecule has 1 rings (SSSR count). The van der Waals surface area contributed by atoms with Crippen molar-refractivity contribution in [1.82, 2.24) is 0 Å². The number of ether oxygens (including phenoxy) is 1. The van der Waals surface area contributed by atoms with Gasteiger partial charge in [-0.25, -0.2) is 0 Å². The highest BCUT2D eigenvalue weighted by Gasteiger charge is 2.14. The molecule has 0 saturated heterocycles. The highest BCUT2D eigenvalue weighted by molar-refractivity contribution is 5.75. The summed E-state index contributed by atoms with van der Waals surface area (Å²) < 4.78 is 5.38. The maximum atomic E-state index is 10.8. The lowest BCUT2D eigenvalue weighted by atomic mass is 10.2. The first kappa shape index (κ1) is 14.2. The number of Topliss-reactive ketones (excluding diaryl/α,β-unsaturated/α-hetero) is 1. The van der Waals surface area contributed by atoms with Crippen LogP contribution in [0.25, 0.3) is 0 Å². The van der Waals surface area contributed by atoms with E-state index in [1.165, 1.54) is 6.07 Å². The molecule has 0 aliphatic carbocycles. The van der Waals surface area contributed by atoms with Gasteiger partial charge in [0.25, 0.3) is 0 Å². The van der Waals surface area contributed by atoms with Gasteiger partial charge in [-0.05, 0) is 38.3 Å². The number of ketones is 1.